The molecule has 0 atom stereocenters. The summed E-state index contributed by atoms with van der Waals surface area (Å²) in [7, 11) is 0. The van der Waals surface area contributed by atoms with Crippen molar-refractivity contribution in [1.82, 2.24) is 0 Å². The van der Waals surface area contributed by atoms with Crippen LogP contribution in [0.2, 0.25) is 0 Å². The Morgan fingerprint density at radius 1 is 0.500 bits per heavy atom. The fraction of sp³-hybridized carbons (Fsp3) is 0.667. The van der Waals surface area contributed by atoms with Crippen molar-refractivity contribution < 1.29 is 35.1 Å². The smallest absolute Gasteiger partial charge is 0.191 e. The highest BCUT2D eigenvalue weighted by Crippen LogP contribution is 2.54. The fourth-order valence-corrected chi connectivity index (χ4v) is 0.708. The molecule has 1 aliphatic carbocycles. The van der Waals surface area contributed by atoms with Crippen molar-refractivity contribution in [3.8, 4) is 11.8 Å². The molecule has 14 heavy (non-hydrogen) atoms. The van der Waals surface area contributed by atoms with Crippen LogP contribution in [0.25, 0.3) is 0 Å². The SMILES string of the molecule is FC1(F)C#CC(F)(F)C(F)(F)C1(F)F. The van der Waals surface area contributed by atoms with E-state index in [1.807, 2.05) is 0 Å². The van der Waals surface area contributed by atoms with E-state index in [0.29, 0.717) is 0 Å². The van der Waals surface area contributed by atoms with Gasteiger partial charge in [-0.3, -0.25) is 0 Å². The topological polar surface area (TPSA) is 0 Å². The highest BCUT2D eigenvalue weighted by Gasteiger charge is 2.82. The van der Waals surface area contributed by atoms with Gasteiger partial charge < -0.3 is 0 Å². The van der Waals surface area contributed by atoms with Crippen LogP contribution in [-0.2, 0) is 0 Å². The van der Waals surface area contributed by atoms with Gasteiger partial charge in [0.25, 0.3) is 0 Å². The molecule has 1 rings (SSSR count). The minimum absolute atomic E-state index is 0.131. The van der Waals surface area contributed by atoms with Gasteiger partial charge in [-0.25, -0.2) is 0 Å². The lowest BCUT2D eigenvalue weighted by atomic mass is 9.94. The zero-order valence-electron chi connectivity index (χ0n) is 6.02. The molecule has 0 radical (unpaired) electrons. The Bertz CT molecular complexity index is 286. The molecule has 0 aromatic rings. The average Bonchev–Trinajstić information content (AvgIpc) is 1.98. The van der Waals surface area contributed by atoms with Gasteiger partial charge in [-0.1, -0.05) is 0 Å². The predicted octanol–water partition coefficient (Wildman–Crippen LogP) is 2.54. The molecular formula is C6F8. The van der Waals surface area contributed by atoms with Crippen molar-refractivity contribution in [3.63, 3.8) is 0 Å². The van der Waals surface area contributed by atoms with Gasteiger partial charge in [-0.2, -0.15) is 35.1 Å². The van der Waals surface area contributed by atoms with E-state index in [4.69, 9.17) is 0 Å². The van der Waals surface area contributed by atoms with Crippen LogP contribution in [0.15, 0.2) is 0 Å². The molecule has 0 aliphatic heterocycles. The number of alkyl halides is 8. The lowest BCUT2D eigenvalue weighted by Gasteiger charge is -2.35. The Morgan fingerprint density at radius 2 is 0.714 bits per heavy atom. The average molecular weight is 224 g/mol. The van der Waals surface area contributed by atoms with Crippen molar-refractivity contribution >= 4 is 0 Å². The molecule has 0 bridgehead atoms. The maximum absolute atomic E-state index is 12.2. The summed E-state index contributed by atoms with van der Waals surface area (Å²) in [6.45, 7) is 0. The van der Waals surface area contributed by atoms with Gasteiger partial charge in [0, 0.05) is 0 Å². The van der Waals surface area contributed by atoms with Crippen LogP contribution >= 0.6 is 0 Å². The minimum Gasteiger partial charge on any atom is -0.191 e. The molecule has 0 amide bonds. The molecule has 80 valence electrons. The van der Waals surface area contributed by atoms with Crippen LogP contribution in [-0.4, -0.2) is 23.7 Å². The molecule has 0 N–H and O–H groups in total. The Morgan fingerprint density at radius 3 is 0.929 bits per heavy atom. The molecule has 0 aromatic heterocycles. The van der Waals surface area contributed by atoms with Crippen LogP contribution in [0.5, 0.6) is 0 Å². The Labute approximate surface area is 71.9 Å². The van der Waals surface area contributed by atoms with Gasteiger partial charge >= 0.3 is 23.7 Å². The van der Waals surface area contributed by atoms with E-state index in [2.05, 4.69) is 0 Å². The Balaban J connectivity index is 3.42. The second-order valence-electron chi connectivity index (χ2n) is 2.55. The standard InChI is InChI=1S/C6F8/c7-3(8)1-2-4(9,10)6(13,14)5(3,11)12. The zero-order valence-corrected chi connectivity index (χ0v) is 6.02. The normalized spacial score (nSPS) is 30.3. The van der Waals surface area contributed by atoms with E-state index in [1.165, 1.54) is 0 Å². The summed E-state index contributed by atoms with van der Waals surface area (Å²) in [4.78, 5) is 0. The second-order valence-corrected chi connectivity index (χ2v) is 2.55. The summed E-state index contributed by atoms with van der Waals surface area (Å²) < 4.78 is 97.0. The van der Waals surface area contributed by atoms with Gasteiger partial charge in [0.1, 0.15) is 0 Å². The van der Waals surface area contributed by atoms with Gasteiger partial charge in [-0.15, -0.1) is 0 Å². The van der Waals surface area contributed by atoms with Crippen molar-refractivity contribution in [2.45, 2.75) is 23.7 Å². The third-order valence-corrected chi connectivity index (χ3v) is 1.56. The van der Waals surface area contributed by atoms with Crippen molar-refractivity contribution in [3.05, 3.63) is 0 Å². The van der Waals surface area contributed by atoms with Crippen LogP contribution in [0, 0.1) is 11.8 Å². The first-order valence-electron chi connectivity index (χ1n) is 3.01. The highest BCUT2D eigenvalue weighted by atomic mass is 19.4. The summed E-state index contributed by atoms with van der Waals surface area (Å²) >= 11 is 0. The highest BCUT2D eigenvalue weighted by molar-refractivity contribution is 5.31. The zero-order chi connectivity index (χ0) is 11.4. The van der Waals surface area contributed by atoms with Crippen LogP contribution in [0.3, 0.4) is 0 Å². The van der Waals surface area contributed by atoms with Gasteiger partial charge in [0.2, 0.25) is 0 Å². The van der Waals surface area contributed by atoms with E-state index in [-0.39, 0.29) is 11.8 Å². The first-order valence-corrected chi connectivity index (χ1v) is 3.01. The Hall–Kier alpha value is -1.00. The molecule has 0 spiro atoms. The van der Waals surface area contributed by atoms with E-state index in [9.17, 15) is 35.1 Å². The van der Waals surface area contributed by atoms with Crippen molar-refractivity contribution in [1.29, 1.82) is 0 Å². The maximum Gasteiger partial charge on any atom is 0.390 e. The van der Waals surface area contributed by atoms with E-state index in [0.717, 1.165) is 0 Å². The summed E-state index contributed by atoms with van der Waals surface area (Å²) in [5.41, 5.74) is 0. The van der Waals surface area contributed by atoms with Gasteiger partial charge in [-0.05, 0) is 11.8 Å². The van der Waals surface area contributed by atoms with Crippen LogP contribution in [0.1, 0.15) is 0 Å². The third-order valence-electron chi connectivity index (χ3n) is 1.56. The molecule has 0 nitrogen and oxygen atoms in total. The van der Waals surface area contributed by atoms with E-state index in [1.54, 1.807) is 0 Å². The Kier molecular flexibility index (Phi) is 1.84. The molecule has 0 aromatic carbocycles. The second kappa shape index (κ2) is 2.32. The summed E-state index contributed by atoms with van der Waals surface area (Å²) in [6.07, 6.45) is 0. The molecule has 0 saturated heterocycles. The summed E-state index contributed by atoms with van der Waals surface area (Å²) in [5, 5.41) is 0. The number of rotatable bonds is 0. The van der Waals surface area contributed by atoms with E-state index >= 15 is 0 Å². The molecule has 0 saturated carbocycles. The van der Waals surface area contributed by atoms with E-state index < -0.39 is 23.7 Å². The molecule has 0 unspecified atom stereocenters. The van der Waals surface area contributed by atoms with Gasteiger partial charge in [0.05, 0.1) is 0 Å². The monoisotopic (exact) mass is 224 g/mol. The first kappa shape index (κ1) is 11.1. The van der Waals surface area contributed by atoms with Gasteiger partial charge in [0.15, 0.2) is 0 Å². The van der Waals surface area contributed by atoms with Crippen molar-refractivity contribution in [2.75, 3.05) is 0 Å². The van der Waals surface area contributed by atoms with Crippen LogP contribution in [0.4, 0.5) is 35.1 Å². The lowest BCUT2D eigenvalue weighted by molar-refractivity contribution is -0.344. The quantitative estimate of drug-likeness (QED) is 0.438. The summed E-state index contributed by atoms with van der Waals surface area (Å²) in [5.74, 6) is -23.0. The van der Waals surface area contributed by atoms with Crippen molar-refractivity contribution in [2.24, 2.45) is 0 Å². The number of hydrogen-bond acceptors (Lipinski definition) is 0. The fourth-order valence-electron chi connectivity index (χ4n) is 0.708. The molecular weight excluding hydrogens is 224 g/mol. The lowest BCUT2D eigenvalue weighted by Crippen LogP contribution is -2.63. The number of halogens is 8. The largest absolute Gasteiger partial charge is 0.390 e. The van der Waals surface area contributed by atoms with Crippen LogP contribution < -0.4 is 0 Å². The molecule has 8 heteroatoms. The molecule has 0 heterocycles. The minimum atomic E-state index is -6.19. The maximum atomic E-state index is 12.2. The number of hydrogen-bond donors (Lipinski definition) is 0. The third kappa shape index (κ3) is 1.01. The summed E-state index contributed by atoms with van der Waals surface area (Å²) in [6, 6.07) is 0. The molecule has 1 aliphatic rings. The first-order chi connectivity index (χ1) is 5.96. The molecule has 0 fully saturated rings. The predicted molar refractivity (Wildman–Crippen MR) is 27.6 cm³/mol.